The molecule has 0 saturated carbocycles. The minimum absolute atomic E-state index is 0.225. The zero-order valence-electron chi connectivity index (χ0n) is 5.93. The highest BCUT2D eigenvalue weighted by Gasteiger charge is 2.17. The molecule has 1 unspecified atom stereocenters. The molecular formula is C4H12N2O4S. The van der Waals surface area contributed by atoms with Crippen LogP contribution in [-0.2, 0) is 14.9 Å². The van der Waals surface area contributed by atoms with Gasteiger partial charge in [-0.05, 0) is 0 Å². The third-order valence-electron chi connectivity index (χ3n) is 0.927. The molecule has 0 aliphatic carbocycles. The van der Waals surface area contributed by atoms with Crippen LogP contribution in [0.25, 0.3) is 0 Å². The average Bonchev–Trinajstić information content (AvgIpc) is 1.86. The Bertz CT molecular complexity index is 190. The molecule has 0 amide bonds. The topological polar surface area (TPSA) is 116 Å². The molecule has 0 aliphatic heterocycles. The molecule has 5 N–H and O–H groups in total. The first-order valence-electron chi connectivity index (χ1n) is 2.98. The second-order valence-electron chi connectivity index (χ2n) is 1.92. The van der Waals surface area contributed by atoms with E-state index < -0.39 is 15.5 Å². The van der Waals surface area contributed by atoms with Crippen molar-refractivity contribution in [3.8, 4) is 0 Å². The molecule has 0 aromatic carbocycles. The van der Waals surface area contributed by atoms with Crippen LogP contribution in [0, 0.1) is 0 Å². The summed E-state index contributed by atoms with van der Waals surface area (Å²) in [6.45, 7) is 0.275. The number of ether oxygens (including phenoxy) is 1. The maximum atomic E-state index is 10.2. The molecule has 1 atom stereocenters. The molecule has 0 aromatic heterocycles. The minimum Gasteiger partial charge on any atom is -0.377 e. The third-order valence-corrected chi connectivity index (χ3v) is 1.83. The van der Waals surface area contributed by atoms with Gasteiger partial charge in [0.25, 0.3) is 10.1 Å². The van der Waals surface area contributed by atoms with Gasteiger partial charge in [0.15, 0.2) is 5.37 Å². The highest BCUT2D eigenvalue weighted by Crippen LogP contribution is 1.90. The Morgan fingerprint density at radius 3 is 2.45 bits per heavy atom. The van der Waals surface area contributed by atoms with E-state index in [0.29, 0.717) is 0 Å². The summed E-state index contributed by atoms with van der Waals surface area (Å²) in [5.74, 6) is 0. The zero-order valence-corrected chi connectivity index (χ0v) is 6.75. The van der Waals surface area contributed by atoms with Crippen LogP contribution in [0.15, 0.2) is 0 Å². The van der Waals surface area contributed by atoms with Crippen LogP contribution in [0.5, 0.6) is 0 Å². The van der Waals surface area contributed by atoms with Crippen molar-refractivity contribution in [2.75, 3.05) is 19.8 Å². The van der Waals surface area contributed by atoms with Gasteiger partial charge in [-0.3, -0.25) is 4.55 Å². The molecule has 0 radical (unpaired) electrons. The summed E-state index contributed by atoms with van der Waals surface area (Å²) in [5.41, 5.74) is 10.0. The van der Waals surface area contributed by atoms with Crippen LogP contribution in [-0.4, -0.2) is 38.1 Å². The van der Waals surface area contributed by atoms with Gasteiger partial charge in [-0.15, -0.1) is 0 Å². The second-order valence-corrected chi connectivity index (χ2v) is 3.55. The van der Waals surface area contributed by atoms with Crippen molar-refractivity contribution in [3.05, 3.63) is 0 Å². The Balaban J connectivity index is 3.62. The van der Waals surface area contributed by atoms with Crippen molar-refractivity contribution in [1.82, 2.24) is 0 Å². The Kier molecular flexibility index (Phi) is 4.54. The van der Waals surface area contributed by atoms with E-state index in [4.69, 9.17) is 16.0 Å². The molecule has 0 fully saturated rings. The maximum absolute atomic E-state index is 10.2. The van der Waals surface area contributed by atoms with Crippen molar-refractivity contribution in [2.45, 2.75) is 5.37 Å². The number of rotatable bonds is 5. The Hall–Kier alpha value is -0.210. The summed E-state index contributed by atoms with van der Waals surface area (Å²) >= 11 is 0. The fourth-order valence-corrected chi connectivity index (χ4v) is 0.637. The highest BCUT2D eigenvalue weighted by atomic mass is 32.2. The van der Waals surface area contributed by atoms with E-state index >= 15 is 0 Å². The summed E-state index contributed by atoms with van der Waals surface area (Å²) in [6, 6.07) is 0. The number of hydrogen-bond donors (Lipinski definition) is 3. The van der Waals surface area contributed by atoms with Gasteiger partial charge in [-0.25, -0.2) is 0 Å². The average molecular weight is 184 g/mol. The van der Waals surface area contributed by atoms with E-state index in [2.05, 4.69) is 4.74 Å². The van der Waals surface area contributed by atoms with Crippen LogP contribution in [0.1, 0.15) is 0 Å². The Morgan fingerprint density at radius 2 is 2.09 bits per heavy atom. The summed E-state index contributed by atoms with van der Waals surface area (Å²) in [5, 5.41) is -1.38. The van der Waals surface area contributed by atoms with Gasteiger partial charge in [-0.1, -0.05) is 0 Å². The quantitative estimate of drug-likeness (QED) is 0.340. The first kappa shape index (κ1) is 10.8. The van der Waals surface area contributed by atoms with Crippen molar-refractivity contribution in [3.63, 3.8) is 0 Å². The molecule has 0 spiro atoms. The van der Waals surface area contributed by atoms with Crippen molar-refractivity contribution in [1.29, 1.82) is 0 Å². The number of nitrogens with two attached hydrogens (primary N) is 2. The molecule has 0 saturated heterocycles. The largest absolute Gasteiger partial charge is 0.377 e. The molecule has 68 valence electrons. The Morgan fingerprint density at radius 1 is 1.55 bits per heavy atom. The summed E-state index contributed by atoms with van der Waals surface area (Å²) < 4.78 is 33.5. The van der Waals surface area contributed by atoms with Gasteiger partial charge in [0, 0.05) is 6.54 Å². The fourth-order valence-electron chi connectivity index (χ4n) is 0.369. The van der Waals surface area contributed by atoms with E-state index in [9.17, 15) is 8.42 Å². The van der Waals surface area contributed by atoms with Gasteiger partial charge < -0.3 is 16.2 Å². The monoisotopic (exact) mass is 184 g/mol. The highest BCUT2D eigenvalue weighted by molar-refractivity contribution is 7.86. The van der Waals surface area contributed by atoms with E-state index in [1.165, 1.54) is 0 Å². The predicted molar refractivity (Wildman–Crippen MR) is 39.4 cm³/mol. The predicted octanol–water partition coefficient (Wildman–Crippen LogP) is -1.87. The first-order chi connectivity index (χ1) is 4.98. The van der Waals surface area contributed by atoms with E-state index in [1.54, 1.807) is 0 Å². The molecule has 0 aliphatic rings. The van der Waals surface area contributed by atoms with Crippen LogP contribution >= 0.6 is 0 Å². The molecule has 0 rings (SSSR count). The first-order valence-corrected chi connectivity index (χ1v) is 4.48. The van der Waals surface area contributed by atoms with Gasteiger partial charge >= 0.3 is 0 Å². The lowest BCUT2D eigenvalue weighted by atomic mass is 10.7. The SMILES string of the molecule is NCCOCC(N)S(=O)(=O)O. The summed E-state index contributed by atoms with van der Waals surface area (Å²) in [6.07, 6.45) is 0. The van der Waals surface area contributed by atoms with Crippen LogP contribution in [0.2, 0.25) is 0 Å². The van der Waals surface area contributed by atoms with Gasteiger partial charge in [0.05, 0.1) is 13.2 Å². The van der Waals surface area contributed by atoms with E-state index in [0.717, 1.165) is 0 Å². The fraction of sp³-hybridized carbons (Fsp3) is 1.00. The molecular weight excluding hydrogens is 172 g/mol. The standard InChI is InChI=1S/C4H12N2O4S/c5-1-2-10-3-4(6)11(7,8)9/h4H,1-3,5-6H2,(H,7,8,9). The van der Waals surface area contributed by atoms with Crippen LogP contribution in [0.4, 0.5) is 0 Å². The van der Waals surface area contributed by atoms with E-state index in [1.807, 2.05) is 0 Å². The lowest BCUT2D eigenvalue weighted by Crippen LogP contribution is -2.35. The second kappa shape index (κ2) is 4.62. The minimum atomic E-state index is -4.17. The lowest BCUT2D eigenvalue weighted by molar-refractivity contribution is 0.140. The van der Waals surface area contributed by atoms with Crippen LogP contribution in [0.3, 0.4) is 0 Å². The summed E-state index contributed by atoms with van der Waals surface area (Å²) in [7, 11) is -4.17. The normalized spacial score (nSPS) is 14.8. The molecule has 0 aromatic rings. The van der Waals surface area contributed by atoms with Gasteiger partial charge in [-0.2, -0.15) is 8.42 Å². The molecule has 6 nitrogen and oxygen atoms in total. The van der Waals surface area contributed by atoms with Crippen LogP contribution < -0.4 is 11.5 Å². The molecule has 7 heteroatoms. The third kappa shape index (κ3) is 5.10. The smallest absolute Gasteiger partial charge is 0.283 e. The molecule has 11 heavy (non-hydrogen) atoms. The van der Waals surface area contributed by atoms with Crippen molar-refractivity contribution < 1.29 is 17.7 Å². The Labute approximate surface area is 65.3 Å². The maximum Gasteiger partial charge on any atom is 0.283 e. The van der Waals surface area contributed by atoms with Crippen molar-refractivity contribution in [2.24, 2.45) is 11.5 Å². The summed E-state index contributed by atoms with van der Waals surface area (Å²) in [4.78, 5) is 0. The molecule has 0 bridgehead atoms. The lowest BCUT2D eigenvalue weighted by Gasteiger charge is -2.07. The van der Waals surface area contributed by atoms with Gasteiger partial charge in [0.1, 0.15) is 0 Å². The van der Waals surface area contributed by atoms with E-state index in [-0.39, 0.29) is 19.8 Å². The van der Waals surface area contributed by atoms with Gasteiger partial charge in [0.2, 0.25) is 0 Å². The van der Waals surface area contributed by atoms with Crippen molar-refractivity contribution >= 4 is 10.1 Å². The zero-order chi connectivity index (χ0) is 8.91. The number of hydrogen-bond acceptors (Lipinski definition) is 5. The molecule has 0 heterocycles.